The fourth-order valence-electron chi connectivity index (χ4n) is 1.53. The number of carbonyl (C=O) groups is 1. The Labute approximate surface area is 134 Å². The summed E-state index contributed by atoms with van der Waals surface area (Å²) >= 11 is 0. The molecule has 0 aromatic rings. The van der Waals surface area contributed by atoms with E-state index in [4.69, 9.17) is 0 Å². The molecule has 0 saturated carbocycles. The second-order valence-corrected chi connectivity index (χ2v) is 4.35. The zero-order valence-corrected chi connectivity index (χ0v) is 15.0. The number of amides is 1. The number of carbonyl (C=O) groups excluding carboxylic acids is 1. The van der Waals surface area contributed by atoms with Crippen LogP contribution in [0.5, 0.6) is 0 Å². The summed E-state index contributed by atoms with van der Waals surface area (Å²) in [5, 5.41) is 6.06. The Bertz CT molecular complexity index is 259. The molecule has 2 N–H and O–H groups in total. The topological polar surface area (TPSA) is 56.7 Å². The molecule has 0 heterocycles. The third kappa shape index (κ3) is 11.0. The van der Waals surface area contributed by atoms with Gasteiger partial charge in [-0.25, -0.2) is 0 Å². The first-order valence-electron chi connectivity index (χ1n) is 6.84. The van der Waals surface area contributed by atoms with Gasteiger partial charge in [-0.2, -0.15) is 0 Å². The van der Waals surface area contributed by atoms with Crippen LogP contribution < -0.4 is 10.6 Å². The van der Waals surface area contributed by atoms with Gasteiger partial charge in [0.25, 0.3) is 0 Å². The molecular weight excluding hydrogens is 355 g/mol. The van der Waals surface area contributed by atoms with Gasteiger partial charge in [-0.1, -0.05) is 20.3 Å². The van der Waals surface area contributed by atoms with E-state index in [0.717, 1.165) is 31.9 Å². The van der Waals surface area contributed by atoms with Crippen LogP contribution in [0, 0.1) is 0 Å². The minimum absolute atomic E-state index is 0. The highest BCUT2D eigenvalue weighted by Crippen LogP contribution is 1.92. The van der Waals surface area contributed by atoms with E-state index in [9.17, 15) is 4.79 Å². The van der Waals surface area contributed by atoms with Gasteiger partial charge in [0, 0.05) is 40.2 Å². The molecule has 19 heavy (non-hydrogen) atoms. The van der Waals surface area contributed by atoms with Gasteiger partial charge >= 0.3 is 0 Å². The van der Waals surface area contributed by atoms with Gasteiger partial charge in [-0.3, -0.25) is 9.79 Å². The summed E-state index contributed by atoms with van der Waals surface area (Å²) in [5.41, 5.74) is 0. The lowest BCUT2D eigenvalue weighted by atomic mass is 10.3. The van der Waals surface area contributed by atoms with Crippen molar-refractivity contribution in [2.45, 2.75) is 39.5 Å². The van der Waals surface area contributed by atoms with E-state index in [1.54, 1.807) is 7.05 Å². The molecule has 0 aliphatic heterocycles. The monoisotopic (exact) mass is 384 g/mol. The van der Waals surface area contributed by atoms with Crippen LogP contribution in [-0.4, -0.2) is 50.5 Å². The van der Waals surface area contributed by atoms with E-state index < -0.39 is 0 Å². The predicted molar refractivity (Wildman–Crippen MR) is 92.2 cm³/mol. The fraction of sp³-hybridized carbons (Fsp3) is 0.846. The maximum atomic E-state index is 11.4. The number of unbranched alkanes of at least 4 members (excludes halogenated alkanes) is 1. The molecule has 0 saturated heterocycles. The van der Waals surface area contributed by atoms with E-state index in [0.29, 0.717) is 13.0 Å². The van der Waals surface area contributed by atoms with Crippen molar-refractivity contribution in [1.29, 1.82) is 0 Å². The molecule has 6 heteroatoms. The predicted octanol–water partition coefficient (Wildman–Crippen LogP) is 1.83. The summed E-state index contributed by atoms with van der Waals surface area (Å²) in [7, 11) is 3.78. The summed E-state index contributed by atoms with van der Waals surface area (Å²) in [6.45, 7) is 6.58. The molecule has 0 bridgehead atoms. The van der Waals surface area contributed by atoms with Crippen LogP contribution in [0.25, 0.3) is 0 Å². The summed E-state index contributed by atoms with van der Waals surface area (Å²) in [4.78, 5) is 17.7. The molecule has 0 radical (unpaired) electrons. The summed E-state index contributed by atoms with van der Waals surface area (Å²) < 4.78 is 0. The molecule has 0 aromatic heterocycles. The molecular formula is C13H29IN4O. The van der Waals surface area contributed by atoms with Crippen LogP contribution in [0.4, 0.5) is 0 Å². The second kappa shape index (κ2) is 13.9. The summed E-state index contributed by atoms with van der Waals surface area (Å²) in [5.74, 6) is 0.947. The Balaban J connectivity index is 0. The van der Waals surface area contributed by atoms with E-state index in [-0.39, 0.29) is 29.9 Å². The number of hydrogen-bond acceptors (Lipinski definition) is 2. The Morgan fingerprint density at radius 1 is 1.16 bits per heavy atom. The van der Waals surface area contributed by atoms with E-state index in [1.165, 1.54) is 6.42 Å². The van der Waals surface area contributed by atoms with Crippen molar-refractivity contribution in [1.82, 2.24) is 15.5 Å². The highest BCUT2D eigenvalue weighted by molar-refractivity contribution is 14.0. The fourth-order valence-corrected chi connectivity index (χ4v) is 1.53. The molecule has 0 unspecified atom stereocenters. The summed E-state index contributed by atoms with van der Waals surface area (Å²) in [6.07, 6.45) is 3.77. The van der Waals surface area contributed by atoms with Gasteiger partial charge in [0.15, 0.2) is 5.96 Å². The number of guanidine groups is 1. The van der Waals surface area contributed by atoms with Crippen LogP contribution in [0.15, 0.2) is 4.99 Å². The van der Waals surface area contributed by atoms with Crippen molar-refractivity contribution in [3.63, 3.8) is 0 Å². The van der Waals surface area contributed by atoms with Crippen LogP contribution in [0.3, 0.4) is 0 Å². The van der Waals surface area contributed by atoms with Gasteiger partial charge < -0.3 is 15.5 Å². The van der Waals surface area contributed by atoms with Gasteiger partial charge in [0.05, 0.1) is 0 Å². The highest BCUT2D eigenvalue weighted by atomic mass is 127. The molecule has 0 fully saturated rings. The molecule has 0 aliphatic carbocycles. The Hall–Kier alpha value is -0.530. The standard InChI is InChI=1S/C13H28N4O.HI/c1-5-7-11-17(4)13(14-3)16-10-8-12(18)15-9-6-2;/h5-11H2,1-4H3,(H,14,16)(H,15,18);1H. The van der Waals surface area contributed by atoms with Crippen molar-refractivity contribution in [3.8, 4) is 0 Å². The van der Waals surface area contributed by atoms with E-state index in [1.807, 2.05) is 14.0 Å². The van der Waals surface area contributed by atoms with E-state index in [2.05, 4.69) is 27.4 Å². The number of hydrogen-bond donors (Lipinski definition) is 2. The van der Waals surface area contributed by atoms with Gasteiger partial charge in [0.1, 0.15) is 0 Å². The van der Waals surface area contributed by atoms with E-state index >= 15 is 0 Å². The van der Waals surface area contributed by atoms with Crippen molar-refractivity contribution in [2.75, 3.05) is 33.7 Å². The number of halogens is 1. The van der Waals surface area contributed by atoms with Crippen molar-refractivity contribution in [2.24, 2.45) is 4.99 Å². The third-order valence-corrected chi connectivity index (χ3v) is 2.63. The average molecular weight is 384 g/mol. The first kappa shape index (κ1) is 20.8. The number of rotatable bonds is 8. The SMILES string of the molecule is CCCCN(C)C(=NC)NCCC(=O)NCCC.I. The molecule has 1 amide bonds. The minimum atomic E-state index is 0. The van der Waals surface area contributed by atoms with Crippen LogP contribution >= 0.6 is 24.0 Å². The van der Waals surface area contributed by atoms with Crippen molar-refractivity contribution in [3.05, 3.63) is 0 Å². The Morgan fingerprint density at radius 2 is 1.84 bits per heavy atom. The third-order valence-electron chi connectivity index (χ3n) is 2.63. The molecule has 0 aromatic carbocycles. The first-order valence-corrected chi connectivity index (χ1v) is 6.84. The van der Waals surface area contributed by atoms with Crippen LogP contribution in [0.1, 0.15) is 39.5 Å². The Morgan fingerprint density at radius 3 is 2.37 bits per heavy atom. The largest absolute Gasteiger partial charge is 0.356 e. The maximum absolute atomic E-state index is 11.4. The van der Waals surface area contributed by atoms with Crippen molar-refractivity contribution >= 4 is 35.8 Å². The van der Waals surface area contributed by atoms with Gasteiger partial charge in [0.2, 0.25) is 5.91 Å². The molecule has 0 atom stereocenters. The van der Waals surface area contributed by atoms with Crippen molar-refractivity contribution < 1.29 is 4.79 Å². The minimum Gasteiger partial charge on any atom is -0.356 e. The lowest BCUT2D eigenvalue weighted by Crippen LogP contribution is -2.41. The number of nitrogens with one attached hydrogen (secondary N) is 2. The summed E-state index contributed by atoms with van der Waals surface area (Å²) in [6, 6.07) is 0. The number of nitrogens with zero attached hydrogens (tertiary/aromatic N) is 2. The van der Waals surface area contributed by atoms with Crippen LogP contribution in [-0.2, 0) is 4.79 Å². The zero-order valence-electron chi connectivity index (χ0n) is 12.7. The average Bonchev–Trinajstić information content (AvgIpc) is 2.38. The first-order chi connectivity index (χ1) is 8.65. The van der Waals surface area contributed by atoms with Crippen LogP contribution in [0.2, 0.25) is 0 Å². The molecule has 0 rings (SSSR count). The lowest BCUT2D eigenvalue weighted by Gasteiger charge is -2.21. The van der Waals surface area contributed by atoms with Gasteiger partial charge in [-0.05, 0) is 12.8 Å². The Kier molecular flexibility index (Phi) is 15.2. The smallest absolute Gasteiger partial charge is 0.221 e. The highest BCUT2D eigenvalue weighted by Gasteiger charge is 2.05. The molecule has 5 nitrogen and oxygen atoms in total. The zero-order chi connectivity index (χ0) is 13.8. The number of aliphatic imine (C=N–C) groups is 1. The molecule has 0 aliphatic rings. The molecule has 114 valence electrons. The van der Waals surface area contributed by atoms with Gasteiger partial charge in [-0.15, -0.1) is 24.0 Å². The molecule has 0 spiro atoms. The lowest BCUT2D eigenvalue weighted by molar-refractivity contribution is -0.120. The second-order valence-electron chi connectivity index (χ2n) is 4.35. The maximum Gasteiger partial charge on any atom is 0.221 e. The quantitative estimate of drug-likeness (QED) is 0.382. The normalized spacial score (nSPS) is 10.6.